The fourth-order valence-electron chi connectivity index (χ4n) is 3.16. The maximum atomic E-state index is 11.4. The van der Waals surface area contributed by atoms with Crippen molar-refractivity contribution >= 4 is 16.9 Å². The predicted molar refractivity (Wildman–Crippen MR) is 78.4 cm³/mol. The number of benzene rings is 1. The van der Waals surface area contributed by atoms with Crippen molar-refractivity contribution in [2.24, 2.45) is 5.92 Å². The molecule has 106 valence electrons. The molecule has 0 spiro atoms. The van der Waals surface area contributed by atoms with Gasteiger partial charge in [-0.1, -0.05) is 13.8 Å². The third kappa shape index (κ3) is 2.21. The Morgan fingerprint density at radius 2 is 1.90 bits per heavy atom. The molecule has 1 aromatic heterocycles. The Hall–Kier alpha value is -1.77. The Balaban J connectivity index is 2.21. The van der Waals surface area contributed by atoms with E-state index >= 15 is 0 Å². The Kier molecular flexibility index (Phi) is 3.28. The van der Waals surface area contributed by atoms with Crippen molar-refractivity contribution in [3.8, 4) is 0 Å². The highest BCUT2D eigenvalue weighted by Gasteiger charge is 2.22. The largest absolute Gasteiger partial charge is 0.475 e. The van der Waals surface area contributed by atoms with Crippen LogP contribution < -0.4 is 0 Å². The van der Waals surface area contributed by atoms with E-state index in [4.69, 9.17) is 4.42 Å². The maximum Gasteiger partial charge on any atom is 0.372 e. The SMILES string of the molecule is CC(C)Cc1c(C(=O)O)oc2cc3c(cc12)CCCC3. The molecule has 3 heteroatoms. The second-order valence-corrected chi connectivity index (χ2v) is 6.14. The third-order valence-electron chi connectivity index (χ3n) is 4.06. The van der Waals surface area contributed by atoms with E-state index in [1.54, 1.807) is 0 Å². The first-order valence-corrected chi connectivity index (χ1v) is 7.36. The topological polar surface area (TPSA) is 50.4 Å². The molecule has 0 bridgehead atoms. The Morgan fingerprint density at radius 1 is 1.25 bits per heavy atom. The molecule has 1 aromatic carbocycles. The highest BCUT2D eigenvalue weighted by Crippen LogP contribution is 2.33. The fourth-order valence-corrected chi connectivity index (χ4v) is 3.16. The number of carbonyl (C=O) groups is 1. The summed E-state index contributed by atoms with van der Waals surface area (Å²) in [5.74, 6) is -0.434. The number of aryl methyl sites for hydroxylation is 2. The molecule has 1 N–H and O–H groups in total. The van der Waals surface area contributed by atoms with Gasteiger partial charge in [-0.25, -0.2) is 4.79 Å². The van der Waals surface area contributed by atoms with E-state index < -0.39 is 5.97 Å². The van der Waals surface area contributed by atoms with E-state index in [2.05, 4.69) is 26.0 Å². The molecule has 0 atom stereocenters. The second kappa shape index (κ2) is 4.97. The van der Waals surface area contributed by atoms with E-state index in [9.17, 15) is 9.90 Å². The maximum absolute atomic E-state index is 11.4. The molecule has 1 aliphatic carbocycles. The average Bonchev–Trinajstić information content (AvgIpc) is 2.74. The first-order valence-electron chi connectivity index (χ1n) is 7.36. The first-order chi connectivity index (χ1) is 9.56. The van der Waals surface area contributed by atoms with Gasteiger partial charge in [-0.2, -0.15) is 0 Å². The van der Waals surface area contributed by atoms with Gasteiger partial charge in [-0.3, -0.25) is 0 Å². The van der Waals surface area contributed by atoms with Gasteiger partial charge in [0.15, 0.2) is 0 Å². The highest BCUT2D eigenvalue weighted by molar-refractivity contribution is 5.95. The van der Waals surface area contributed by atoms with Crippen LogP contribution in [0.1, 0.15) is 53.9 Å². The van der Waals surface area contributed by atoms with Crippen LogP contribution in [0.4, 0.5) is 0 Å². The minimum atomic E-state index is -0.963. The summed E-state index contributed by atoms with van der Waals surface area (Å²) in [6, 6.07) is 4.22. The van der Waals surface area contributed by atoms with Crippen molar-refractivity contribution < 1.29 is 14.3 Å². The minimum Gasteiger partial charge on any atom is -0.475 e. The lowest BCUT2D eigenvalue weighted by Crippen LogP contribution is -2.03. The number of rotatable bonds is 3. The van der Waals surface area contributed by atoms with Gasteiger partial charge in [0.2, 0.25) is 5.76 Å². The Labute approximate surface area is 118 Å². The van der Waals surface area contributed by atoms with Crippen LogP contribution in [0, 0.1) is 5.92 Å². The van der Waals surface area contributed by atoms with E-state index in [1.165, 1.54) is 24.0 Å². The summed E-state index contributed by atoms with van der Waals surface area (Å²) >= 11 is 0. The summed E-state index contributed by atoms with van der Waals surface area (Å²) in [6.45, 7) is 4.20. The van der Waals surface area contributed by atoms with Crippen LogP contribution in [0.25, 0.3) is 11.0 Å². The molecule has 1 heterocycles. The molecule has 3 rings (SSSR count). The van der Waals surface area contributed by atoms with Gasteiger partial charge < -0.3 is 9.52 Å². The number of hydrogen-bond donors (Lipinski definition) is 1. The number of furan rings is 1. The lowest BCUT2D eigenvalue weighted by atomic mass is 9.89. The molecule has 1 aliphatic rings. The van der Waals surface area contributed by atoms with Gasteiger partial charge in [0.1, 0.15) is 5.58 Å². The molecular formula is C17H20O3. The number of carboxylic acids is 1. The summed E-state index contributed by atoms with van der Waals surface area (Å²) in [6.07, 6.45) is 5.35. The number of hydrogen-bond acceptors (Lipinski definition) is 2. The lowest BCUT2D eigenvalue weighted by Gasteiger charge is -2.15. The third-order valence-corrected chi connectivity index (χ3v) is 4.06. The molecule has 3 nitrogen and oxygen atoms in total. The van der Waals surface area contributed by atoms with Crippen LogP contribution in [-0.2, 0) is 19.3 Å². The average molecular weight is 272 g/mol. The summed E-state index contributed by atoms with van der Waals surface area (Å²) < 4.78 is 5.63. The molecule has 0 radical (unpaired) electrons. The molecule has 0 saturated carbocycles. The lowest BCUT2D eigenvalue weighted by molar-refractivity contribution is 0.0663. The smallest absolute Gasteiger partial charge is 0.372 e. The van der Waals surface area contributed by atoms with Gasteiger partial charge >= 0.3 is 5.97 Å². The van der Waals surface area contributed by atoms with Crippen LogP contribution in [0.15, 0.2) is 16.5 Å². The zero-order valence-electron chi connectivity index (χ0n) is 12.0. The number of fused-ring (bicyclic) bond motifs is 2. The zero-order chi connectivity index (χ0) is 14.3. The van der Waals surface area contributed by atoms with Crippen LogP contribution in [0.3, 0.4) is 0 Å². The van der Waals surface area contributed by atoms with Crippen molar-refractivity contribution in [2.45, 2.75) is 46.0 Å². The van der Waals surface area contributed by atoms with Gasteiger partial charge in [0.25, 0.3) is 0 Å². The highest BCUT2D eigenvalue weighted by atomic mass is 16.4. The molecule has 0 saturated heterocycles. The summed E-state index contributed by atoms with van der Waals surface area (Å²) in [5, 5.41) is 10.3. The second-order valence-electron chi connectivity index (χ2n) is 6.14. The standard InChI is InChI=1S/C17H20O3/c1-10(2)7-14-13-8-11-5-3-4-6-12(11)9-15(13)20-16(14)17(18)19/h8-10H,3-7H2,1-2H3,(H,18,19). The predicted octanol–water partition coefficient (Wildman–Crippen LogP) is 4.21. The van der Waals surface area contributed by atoms with Crippen LogP contribution in [0.2, 0.25) is 0 Å². The minimum absolute atomic E-state index is 0.121. The Morgan fingerprint density at radius 3 is 2.50 bits per heavy atom. The summed E-state index contributed by atoms with van der Waals surface area (Å²) in [5.41, 5.74) is 4.28. The number of aromatic carboxylic acids is 1. The van der Waals surface area contributed by atoms with E-state index in [0.717, 1.165) is 35.8 Å². The first kappa shape index (κ1) is 13.2. The normalized spacial score (nSPS) is 14.8. The van der Waals surface area contributed by atoms with Gasteiger partial charge in [0, 0.05) is 10.9 Å². The van der Waals surface area contributed by atoms with Gasteiger partial charge in [0.05, 0.1) is 0 Å². The molecular weight excluding hydrogens is 252 g/mol. The van der Waals surface area contributed by atoms with E-state index in [0.29, 0.717) is 5.92 Å². The van der Waals surface area contributed by atoms with Crippen LogP contribution >= 0.6 is 0 Å². The molecule has 20 heavy (non-hydrogen) atoms. The molecule has 0 aliphatic heterocycles. The zero-order valence-corrected chi connectivity index (χ0v) is 12.0. The van der Waals surface area contributed by atoms with Gasteiger partial charge in [-0.05, 0) is 61.3 Å². The Bertz CT molecular complexity index is 664. The molecule has 0 amide bonds. The monoisotopic (exact) mass is 272 g/mol. The molecule has 2 aromatic rings. The molecule has 0 unspecified atom stereocenters. The quantitative estimate of drug-likeness (QED) is 0.910. The summed E-state index contributed by atoms with van der Waals surface area (Å²) in [7, 11) is 0. The van der Waals surface area contributed by atoms with Crippen LogP contribution in [-0.4, -0.2) is 11.1 Å². The van der Waals surface area contributed by atoms with Crippen LogP contribution in [0.5, 0.6) is 0 Å². The number of carboxylic acid groups (broad SMARTS) is 1. The van der Waals surface area contributed by atoms with E-state index in [1.807, 2.05) is 0 Å². The fraction of sp³-hybridized carbons (Fsp3) is 0.471. The van der Waals surface area contributed by atoms with Crippen molar-refractivity contribution in [3.63, 3.8) is 0 Å². The molecule has 0 fully saturated rings. The van der Waals surface area contributed by atoms with Crippen molar-refractivity contribution in [3.05, 3.63) is 34.6 Å². The van der Waals surface area contributed by atoms with Gasteiger partial charge in [-0.15, -0.1) is 0 Å². The summed E-state index contributed by atoms with van der Waals surface area (Å²) in [4.78, 5) is 11.4. The van der Waals surface area contributed by atoms with Crippen molar-refractivity contribution in [1.29, 1.82) is 0 Å². The van der Waals surface area contributed by atoms with E-state index in [-0.39, 0.29) is 5.76 Å². The van der Waals surface area contributed by atoms with Crippen molar-refractivity contribution in [1.82, 2.24) is 0 Å². The van der Waals surface area contributed by atoms with Crippen molar-refractivity contribution in [2.75, 3.05) is 0 Å².